The minimum absolute atomic E-state index is 0.0870. The Morgan fingerprint density at radius 2 is 1.96 bits per heavy atom. The lowest BCUT2D eigenvalue weighted by Crippen LogP contribution is -2.89. The third-order valence-electron chi connectivity index (χ3n) is 4.74. The van der Waals surface area contributed by atoms with Crippen LogP contribution in [-0.4, -0.2) is 50.1 Å². The molecule has 2 N–H and O–H groups in total. The van der Waals surface area contributed by atoms with E-state index in [0.29, 0.717) is 29.6 Å². The Labute approximate surface area is 145 Å². The van der Waals surface area contributed by atoms with Crippen molar-refractivity contribution < 1.29 is 24.0 Å². The number of carbonyl (C=O) groups excluding carboxylic acids is 2. The number of piperazine rings is 1. The number of esters is 1. The maximum Gasteiger partial charge on any atom is 0.309 e. The van der Waals surface area contributed by atoms with Gasteiger partial charge in [0.25, 0.3) is 5.91 Å². The van der Waals surface area contributed by atoms with Crippen LogP contribution in [-0.2, 0) is 16.0 Å². The fourth-order valence-electron chi connectivity index (χ4n) is 3.33. The molecule has 1 aliphatic heterocycles. The number of hydrogen-bond acceptors (Lipinski definition) is 3. The summed E-state index contributed by atoms with van der Waals surface area (Å²) in [4.78, 5) is 26.7. The number of nitrogens with zero attached hydrogens (tertiary/aromatic N) is 1. The minimum atomic E-state index is -0.381. The second-order valence-electron chi connectivity index (χ2n) is 6.31. The van der Waals surface area contributed by atoms with Gasteiger partial charge in [0, 0.05) is 0 Å². The smallest absolute Gasteiger partial charge is 0.309 e. The van der Waals surface area contributed by atoms with Crippen molar-refractivity contribution >= 4 is 22.6 Å². The molecule has 0 bridgehead atoms. The number of rotatable bonds is 3. The summed E-state index contributed by atoms with van der Waals surface area (Å²) in [5.41, 5.74) is 1.93. The number of fused-ring (bicyclic) bond motifs is 1. The van der Waals surface area contributed by atoms with Crippen molar-refractivity contribution in [3.8, 4) is 0 Å². The highest BCUT2D eigenvalue weighted by Crippen LogP contribution is 2.28. The Hall–Kier alpha value is -2.47. The molecule has 5 nitrogen and oxygen atoms in total. The van der Waals surface area contributed by atoms with Crippen molar-refractivity contribution in [1.82, 2.24) is 4.90 Å². The summed E-state index contributed by atoms with van der Waals surface area (Å²) in [7, 11) is 1.34. The maximum atomic E-state index is 13.8. The van der Waals surface area contributed by atoms with E-state index in [-0.39, 0.29) is 24.1 Å². The van der Waals surface area contributed by atoms with E-state index in [9.17, 15) is 14.0 Å². The van der Waals surface area contributed by atoms with Crippen LogP contribution >= 0.6 is 0 Å². The van der Waals surface area contributed by atoms with Gasteiger partial charge in [0.05, 0.1) is 45.3 Å². The zero-order valence-corrected chi connectivity index (χ0v) is 14.5. The molecule has 2 aromatic rings. The largest absolute Gasteiger partial charge is 0.469 e. The Morgan fingerprint density at radius 3 is 2.64 bits per heavy atom. The van der Waals surface area contributed by atoms with E-state index in [1.807, 2.05) is 13.0 Å². The van der Waals surface area contributed by atoms with E-state index in [1.54, 1.807) is 11.0 Å². The van der Waals surface area contributed by atoms with E-state index in [4.69, 9.17) is 4.74 Å². The number of methoxy groups -OCH3 is 1. The summed E-state index contributed by atoms with van der Waals surface area (Å²) in [6, 6.07) is 6.24. The Balaban J connectivity index is 2.15. The highest BCUT2D eigenvalue weighted by Gasteiger charge is 2.25. The van der Waals surface area contributed by atoms with Crippen LogP contribution in [0, 0.1) is 12.7 Å². The fourth-order valence-corrected chi connectivity index (χ4v) is 3.33. The predicted molar refractivity (Wildman–Crippen MR) is 91.9 cm³/mol. The average molecular weight is 345 g/mol. The number of halogens is 1. The van der Waals surface area contributed by atoms with Gasteiger partial charge in [0.1, 0.15) is 5.82 Å². The maximum absolute atomic E-state index is 13.8. The lowest BCUT2D eigenvalue weighted by atomic mass is 9.92. The Bertz CT molecular complexity index is 829. The fraction of sp³-hybridized carbons (Fsp3) is 0.368. The van der Waals surface area contributed by atoms with Crippen LogP contribution in [0.15, 0.2) is 24.3 Å². The topological polar surface area (TPSA) is 63.2 Å². The second-order valence-corrected chi connectivity index (χ2v) is 6.31. The van der Waals surface area contributed by atoms with Gasteiger partial charge < -0.3 is 15.0 Å². The molecule has 1 saturated heterocycles. The van der Waals surface area contributed by atoms with Crippen molar-refractivity contribution in [1.29, 1.82) is 0 Å². The van der Waals surface area contributed by atoms with Gasteiger partial charge >= 0.3 is 5.97 Å². The third-order valence-corrected chi connectivity index (χ3v) is 4.74. The van der Waals surface area contributed by atoms with Gasteiger partial charge in [-0.15, -0.1) is 0 Å². The highest BCUT2D eigenvalue weighted by molar-refractivity contribution is 6.09. The molecule has 2 aromatic carbocycles. The molecule has 0 atom stereocenters. The molecule has 0 unspecified atom stereocenters. The quantitative estimate of drug-likeness (QED) is 0.845. The summed E-state index contributed by atoms with van der Waals surface area (Å²) in [6.45, 7) is 4.86. The van der Waals surface area contributed by atoms with Crippen molar-refractivity contribution in [2.75, 3.05) is 33.3 Å². The van der Waals surface area contributed by atoms with Crippen LogP contribution in [0.2, 0.25) is 0 Å². The van der Waals surface area contributed by atoms with Gasteiger partial charge in [-0.1, -0.05) is 12.1 Å². The molecule has 1 amide bonds. The van der Waals surface area contributed by atoms with E-state index in [1.165, 1.54) is 19.2 Å². The van der Waals surface area contributed by atoms with Crippen LogP contribution in [0.4, 0.5) is 4.39 Å². The zero-order valence-electron chi connectivity index (χ0n) is 14.5. The van der Waals surface area contributed by atoms with Crippen LogP contribution in [0.25, 0.3) is 10.8 Å². The average Bonchev–Trinajstić information content (AvgIpc) is 2.63. The number of carbonyl (C=O) groups is 2. The van der Waals surface area contributed by atoms with Crippen molar-refractivity contribution in [3.05, 3.63) is 46.8 Å². The molecular formula is C19H22FN2O3+. The normalized spacial score (nSPS) is 14.6. The number of ether oxygens (including phenoxy) is 1. The summed E-state index contributed by atoms with van der Waals surface area (Å²) in [5.74, 6) is -0.850. The molecule has 132 valence electrons. The molecule has 0 saturated carbocycles. The molecule has 1 aliphatic rings. The van der Waals surface area contributed by atoms with E-state index >= 15 is 0 Å². The van der Waals surface area contributed by atoms with Crippen molar-refractivity contribution in [3.63, 3.8) is 0 Å². The van der Waals surface area contributed by atoms with Crippen LogP contribution in [0.1, 0.15) is 21.5 Å². The van der Waals surface area contributed by atoms with E-state index in [2.05, 4.69) is 5.32 Å². The lowest BCUT2D eigenvalue weighted by molar-refractivity contribution is -0.661. The molecule has 3 rings (SSSR count). The molecular weight excluding hydrogens is 323 g/mol. The number of benzene rings is 2. The SMILES string of the molecule is COC(=O)Cc1cc2ccc(F)cc2c(C(=O)N2CC[NH2+]CC2)c1C. The van der Waals surface area contributed by atoms with Gasteiger partial charge in [0.15, 0.2) is 0 Å². The Kier molecular flexibility index (Phi) is 4.99. The molecule has 0 aromatic heterocycles. The minimum Gasteiger partial charge on any atom is -0.469 e. The third kappa shape index (κ3) is 3.49. The van der Waals surface area contributed by atoms with E-state index < -0.39 is 0 Å². The molecule has 6 heteroatoms. The van der Waals surface area contributed by atoms with Gasteiger partial charge in [-0.2, -0.15) is 0 Å². The monoisotopic (exact) mass is 345 g/mol. The van der Waals surface area contributed by atoms with Crippen LogP contribution in [0.5, 0.6) is 0 Å². The predicted octanol–water partition coefficient (Wildman–Crippen LogP) is 1.02. The molecule has 1 fully saturated rings. The van der Waals surface area contributed by atoms with Crippen molar-refractivity contribution in [2.45, 2.75) is 13.3 Å². The summed E-state index contributed by atoms with van der Waals surface area (Å²) >= 11 is 0. The molecule has 0 aliphatic carbocycles. The number of amides is 1. The van der Waals surface area contributed by atoms with Gasteiger partial charge in [-0.05, 0) is 41.0 Å². The molecule has 0 radical (unpaired) electrons. The molecule has 0 spiro atoms. The zero-order chi connectivity index (χ0) is 18.0. The Morgan fingerprint density at radius 1 is 1.24 bits per heavy atom. The van der Waals surface area contributed by atoms with Gasteiger partial charge in [0.2, 0.25) is 0 Å². The van der Waals surface area contributed by atoms with Crippen LogP contribution in [0.3, 0.4) is 0 Å². The first-order valence-corrected chi connectivity index (χ1v) is 8.40. The summed E-state index contributed by atoms with van der Waals surface area (Å²) < 4.78 is 18.6. The second kappa shape index (κ2) is 7.19. The number of quaternary nitrogens is 1. The first-order valence-electron chi connectivity index (χ1n) is 8.40. The summed E-state index contributed by atoms with van der Waals surface area (Å²) in [6.07, 6.45) is 0.0870. The molecule has 1 heterocycles. The van der Waals surface area contributed by atoms with Crippen molar-refractivity contribution in [2.24, 2.45) is 0 Å². The van der Waals surface area contributed by atoms with E-state index in [0.717, 1.165) is 24.0 Å². The first-order chi connectivity index (χ1) is 12.0. The standard InChI is InChI=1S/C19H21FN2O3/c1-12-14(10-17(23)25-2)9-13-3-4-15(20)11-16(13)18(12)19(24)22-7-5-21-6-8-22/h3-4,9,11,21H,5-8,10H2,1-2H3/p+1. The van der Waals surface area contributed by atoms with Gasteiger partial charge in [-0.25, -0.2) is 4.39 Å². The lowest BCUT2D eigenvalue weighted by Gasteiger charge is -2.27. The first kappa shape index (κ1) is 17.4. The van der Waals surface area contributed by atoms with Crippen LogP contribution < -0.4 is 5.32 Å². The highest BCUT2D eigenvalue weighted by atomic mass is 19.1. The molecule has 25 heavy (non-hydrogen) atoms. The summed E-state index contributed by atoms with van der Waals surface area (Å²) in [5, 5.41) is 3.51. The number of nitrogens with two attached hydrogens (primary N) is 1. The number of hydrogen-bond donors (Lipinski definition) is 1. The van der Waals surface area contributed by atoms with Gasteiger partial charge in [-0.3, -0.25) is 9.59 Å².